The Hall–Kier alpha value is -3.24. The zero-order chi connectivity index (χ0) is 18.4. The normalized spacial score (nSPS) is 10.9. The molecule has 3 rings (SSSR count). The summed E-state index contributed by atoms with van der Waals surface area (Å²) < 4.78 is 6.53. The van der Waals surface area contributed by atoms with Gasteiger partial charge in [0.05, 0.1) is 27.8 Å². The molecule has 0 saturated carbocycles. The minimum atomic E-state index is -0.420. The summed E-state index contributed by atoms with van der Waals surface area (Å²) in [5.74, 6) is 0.755. The van der Waals surface area contributed by atoms with Crippen LogP contribution in [0.25, 0.3) is 22.4 Å². The number of aromatic nitrogens is 1. The lowest BCUT2D eigenvalue weighted by atomic mass is 10.2. The highest BCUT2D eigenvalue weighted by atomic mass is 32.1. The van der Waals surface area contributed by atoms with E-state index in [-0.39, 0.29) is 5.69 Å². The number of thiazole rings is 1. The van der Waals surface area contributed by atoms with Gasteiger partial charge in [0, 0.05) is 18.6 Å². The average molecular weight is 365 g/mol. The van der Waals surface area contributed by atoms with Crippen LogP contribution in [0.2, 0.25) is 0 Å². The van der Waals surface area contributed by atoms with Gasteiger partial charge in [0.25, 0.3) is 5.69 Å². The Balaban J connectivity index is 1.72. The van der Waals surface area contributed by atoms with Crippen molar-refractivity contribution in [3.8, 4) is 11.8 Å². The molecule has 0 aliphatic rings. The van der Waals surface area contributed by atoms with Crippen molar-refractivity contribution in [2.24, 2.45) is 0 Å². The number of ether oxygens (including phenoxy) is 1. The minimum absolute atomic E-state index is 0.0413. The van der Waals surface area contributed by atoms with Crippen LogP contribution >= 0.6 is 11.3 Å². The first-order valence-electron chi connectivity index (χ1n) is 7.98. The molecule has 6 nitrogen and oxygen atoms in total. The van der Waals surface area contributed by atoms with Crippen LogP contribution < -0.4 is 4.74 Å². The molecular formula is C19H15N3O3S. The van der Waals surface area contributed by atoms with E-state index in [1.165, 1.54) is 23.5 Å². The van der Waals surface area contributed by atoms with Crippen LogP contribution in [-0.2, 0) is 0 Å². The SMILES string of the molecule is N#CCCCOc1cccc(/C=C/c2nc3cc([N+](=O)[O-])ccc3s2)c1. The van der Waals surface area contributed by atoms with Gasteiger partial charge in [-0.15, -0.1) is 11.3 Å². The number of hydrogen-bond acceptors (Lipinski definition) is 6. The quantitative estimate of drug-likeness (QED) is 0.332. The fourth-order valence-electron chi connectivity index (χ4n) is 2.34. The second-order valence-electron chi connectivity index (χ2n) is 5.48. The summed E-state index contributed by atoms with van der Waals surface area (Å²) in [6.45, 7) is 0.511. The standard InChI is InChI=1S/C19H15N3O3S/c20-10-1-2-11-25-16-5-3-4-14(12-16)6-9-19-21-17-13-15(22(23)24)7-8-18(17)26-19/h3-9,12-13H,1-2,11H2/b9-6+. The summed E-state index contributed by atoms with van der Waals surface area (Å²) >= 11 is 1.48. The van der Waals surface area contributed by atoms with Crippen molar-refractivity contribution in [1.82, 2.24) is 4.98 Å². The van der Waals surface area contributed by atoms with Crippen LogP contribution in [0.15, 0.2) is 42.5 Å². The number of nitrogens with zero attached hydrogens (tertiary/aromatic N) is 3. The van der Waals surface area contributed by atoms with Gasteiger partial charge >= 0.3 is 0 Å². The molecule has 26 heavy (non-hydrogen) atoms. The lowest BCUT2D eigenvalue weighted by Crippen LogP contribution is -1.96. The smallest absolute Gasteiger partial charge is 0.271 e. The number of nitro groups is 1. The summed E-state index contributed by atoms with van der Waals surface area (Å²) in [7, 11) is 0. The Morgan fingerprint density at radius 2 is 2.15 bits per heavy atom. The van der Waals surface area contributed by atoms with E-state index in [9.17, 15) is 10.1 Å². The Bertz CT molecular complexity index is 1000. The van der Waals surface area contributed by atoms with Gasteiger partial charge in [-0.05, 0) is 36.3 Å². The fourth-order valence-corrected chi connectivity index (χ4v) is 3.19. The Morgan fingerprint density at radius 3 is 2.96 bits per heavy atom. The molecule has 0 N–H and O–H groups in total. The average Bonchev–Trinajstić information content (AvgIpc) is 3.06. The third kappa shape index (κ3) is 4.43. The number of benzene rings is 2. The molecule has 3 aromatic rings. The highest BCUT2D eigenvalue weighted by Gasteiger charge is 2.09. The molecule has 0 fully saturated rings. The lowest BCUT2D eigenvalue weighted by molar-refractivity contribution is -0.384. The Labute approximate surface area is 154 Å². The molecule has 1 heterocycles. The highest BCUT2D eigenvalue weighted by molar-refractivity contribution is 7.19. The van der Waals surface area contributed by atoms with E-state index >= 15 is 0 Å². The van der Waals surface area contributed by atoms with Crippen molar-refractivity contribution in [1.29, 1.82) is 5.26 Å². The maximum Gasteiger partial charge on any atom is 0.271 e. The molecule has 2 aromatic carbocycles. The summed E-state index contributed by atoms with van der Waals surface area (Å²) in [5, 5.41) is 20.2. The first kappa shape index (κ1) is 17.6. The Kier molecular flexibility index (Phi) is 5.56. The summed E-state index contributed by atoms with van der Waals surface area (Å²) in [4.78, 5) is 14.9. The predicted molar refractivity (Wildman–Crippen MR) is 102 cm³/mol. The number of non-ortho nitro benzene ring substituents is 1. The third-order valence-electron chi connectivity index (χ3n) is 3.58. The van der Waals surface area contributed by atoms with Gasteiger partial charge in [-0.25, -0.2) is 4.98 Å². The van der Waals surface area contributed by atoms with E-state index in [1.54, 1.807) is 6.07 Å². The maximum atomic E-state index is 10.8. The van der Waals surface area contributed by atoms with Crippen molar-refractivity contribution in [2.75, 3.05) is 6.61 Å². The molecule has 1 aromatic heterocycles. The van der Waals surface area contributed by atoms with Gasteiger partial charge in [-0.2, -0.15) is 5.26 Å². The molecule has 0 amide bonds. The minimum Gasteiger partial charge on any atom is -0.494 e. The zero-order valence-electron chi connectivity index (χ0n) is 13.8. The topological polar surface area (TPSA) is 89.0 Å². The van der Waals surface area contributed by atoms with Crippen molar-refractivity contribution in [3.05, 3.63) is 63.1 Å². The molecule has 0 radical (unpaired) electrons. The molecular weight excluding hydrogens is 350 g/mol. The molecule has 0 atom stereocenters. The van der Waals surface area contributed by atoms with Crippen LogP contribution in [0.4, 0.5) is 5.69 Å². The van der Waals surface area contributed by atoms with Crippen LogP contribution in [0, 0.1) is 21.4 Å². The van der Waals surface area contributed by atoms with Gasteiger partial charge in [-0.3, -0.25) is 10.1 Å². The van der Waals surface area contributed by atoms with Crippen LogP contribution in [0.3, 0.4) is 0 Å². The van der Waals surface area contributed by atoms with E-state index in [2.05, 4.69) is 11.1 Å². The number of rotatable bonds is 7. The van der Waals surface area contributed by atoms with E-state index in [1.807, 2.05) is 36.4 Å². The van der Waals surface area contributed by atoms with Gasteiger partial charge in [0.15, 0.2) is 0 Å². The monoisotopic (exact) mass is 365 g/mol. The molecule has 0 bridgehead atoms. The van der Waals surface area contributed by atoms with Gasteiger partial charge < -0.3 is 4.74 Å². The number of hydrogen-bond donors (Lipinski definition) is 0. The van der Waals surface area contributed by atoms with E-state index in [0.717, 1.165) is 21.0 Å². The second kappa shape index (κ2) is 8.23. The van der Waals surface area contributed by atoms with E-state index in [4.69, 9.17) is 10.00 Å². The summed E-state index contributed by atoms with van der Waals surface area (Å²) in [5.41, 5.74) is 1.63. The van der Waals surface area contributed by atoms with Crippen molar-refractivity contribution >= 4 is 39.4 Å². The van der Waals surface area contributed by atoms with Crippen molar-refractivity contribution in [2.45, 2.75) is 12.8 Å². The van der Waals surface area contributed by atoms with E-state index < -0.39 is 4.92 Å². The fraction of sp³-hybridized carbons (Fsp3) is 0.158. The first-order valence-corrected chi connectivity index (χ1v) is 8.80. The molecule has 0 saturated heterocycles. The second-order valence-corrected chi connectivity index (χ2v) is 6.54. The van der Waals surface area contributed by atoms with Crippen LogP contribution in [0.5, 0.6) is 5.75 Å². The number of nitro benzene ring substituents is 1. The van der Waals surface area contributed by atoms with Gasteiger partial charge in [0.1, 0.15) is 10.8 Å². The zero-order valence-corrected chi connectivity index (χ0v) is 14.6. The Morgan fingerprint density at radius 1 is 1.27 bits per heavy atom. The molecule has 0 spiro atoms. The highest BCUT2D eigenvalue weighted by Crippen LogP contribution is 2.27. The van der Waals surface area contributed by atoms with E-state index in [0.29, 0.717) is 25.0 Å². The van der Waals surface area contributed by atoms with Crippen molar-refractivity contribution < 1.29 is 9.66 Å². The van der Waals surface area contributed by atoms with Crippen LogP contribution in [-0.4, -0.2) is 16.5 Å². The molecule has 0 aliphatic carbocycles. The van der Waals surface area contributed by atoms with Gasteiger partial charge in [-0.1, -0.05) is 18.2 Å². The van der Waals surface area contributed by atoms with Crippen molar-refractivity contribution in [3.63, 3.8) is 0 Å². The number of nitriles is 1. The summed E-state index contributed by atoms with van der Waals surface area (Å²) in [6, 6.07) is 14.4. The molecule has 7 heteroatoms. The molecule has 0 aliphatic heterocycles. The maximum absolute atomic E-state index is 10.8. The predicted octanol–water partition coefficient (Wildman–Crippen LogP) is 5.06. The largest absolute Gasteiger partial charge is 0.494 e. The number of unbranched alkanes of at least 4 members (excludes halogenated alkanes) is 1. The van der Waals surface area contributed by atoms with Crippen LogP contribution in [0.1, 0.15) is 23.4 Å². The number of fused-ring (bicyclic) bond motifs is 1. The summed E-state index contributed by atoms with van der Waals surface area (Å²) in [6.07, 6.45) is 4.99. The molecule has 130 valence electrons. The van der Waals surface area contributed by atoms with Gasteiger partial charge in [0.2, 0.25) is 0 Å². The first-order chi connectivity index (χ1) is 12.7. The third-order valence-corrected chi connectivity index (χ3v) is 4.58. The molecule has 0 unspecified atom stereocenters. The lowest BCUT2D eigenvalue weighted by Gasteiger charge is -2.05.